The number of nitrogens with zero attached hydrogens (tertiary/aromatic N) is 1. The first-order valence-corrected chi connectivity index (χ1v) is 10.2. The van der Waals surface area contributed by atoms with Gasteiger partial charge in [0.05, 0.1) is 17.2 Å². The maximum Gasteiger partial charge on any atom is 0.269 e. The summed E-state index contributed by atoms with van der Waals surface area (Å²) < 4.78 is 30.3. The molecule has 146 valence electrons. The summed E-state index contributed by atoms with van der Waals surface area (Å²) in [6.45, 7) is 0. The highest BCUT2D eigenvalue weighted by atomic mass is 32.2. The number of para-hydroxylation sites is 1. The Hall–Kier alpha value is -3.04. The van der Waals surface area contributed by atoms with Crippen LogP contribution in [0.1, 0.15) is 24.0 Å². The predicted molar refractivity (Wildman–Crippen MR) is 105 cm³/mol. The molecule has 1 unspecified atom stereocenters. The minimum Gasteiger partial charge on any atom is -0.327 e. The molecule has 0 aromatic heterocycles. The fourth-order valence-corrected chi connectivity index (χ4v) is 3.33. The van der Waals surface area contributed by atoms with Crippen LogP contribution in [-0.2, 0) is 19.7 Å². The maximum atomic E-state index is 12.6. The van der Waals surface area contributed by atoms with Gasteiger partial charge in [0.15, 0.2) is 0 Å². The molecule has 2 aromatic rings. The summed E-state index contributed by atoms with van der Waals surface area (Å²) in [6, 6.07) is 16.5. The fraction of sp³-hybridized carbons (Fsp3) is 0.211. The lowest BCUT2D eigenvalue weighted by Crippen LogP contribution is -2.42. The highest BCUT2D eigenvalue weighted by Crippen LogP contribution is 2.23. The normalized spacial score (nSPS) is 16.4. The third-order valence-electron chi connectivity index (χ3n) is 4.10. The van der Waals surface area contributed by atoms with Gasteiger partial charge < -0.3 is 10.6 Å². The average molecular weight is 401 g/mol. The van der Waals surface area contributed by atoms with E-state index in [0.717, 1.165) is 11.1 Å². The number of nitrogens with one attached hydrogen (secondary N) is 2. The van der Waals surface area contributed by atoms with Gasteiger partial charge >= 0.3 is 0 Å². The molecule has 1 heterocycles. The fourth-order valence-electron chi connectivity index (χ4n) is 2.82. The van der Waals surface area contributed by atoms with E-state index in [9.17, 15) is 18.0 Å². The summed E-state index contributed by atoms with van der Waals surface area (Å²) in [4.78, 5) is 29.2. The standard InChI is InChI=1S/C19H19N3O5S/c23-16(11-6-12-28(25,26)27)21-18-19(24)20-15-10-5-4-9-14(15)17(22-18)13-7-2-1-3-8-13/h1-5,7-10,18H,6,11-12H2,(H,20,24)(H,21,23)(H,25,26,27). The molecular formula is C19H19N3O5S. The topological polar surface area (TPSA) is 125 Å². The van der Waals surface area contributed by atoms with Crippen LogP contribution in [0.2, 0.25) is 0 Å². The van der Waals surface area contributed by atoms with Gasteiger partial charge in [0.1, 0.15) is 0 Å². The zero-order valence-electron chi connectivity index (χ0n) is 14.8. The van der Waals surface area contributed by atoms with Crippen LogP contribution in [0.3, 0.4) is 0 Å². The Balaban J connectivity index is 1.86. The Kier molecular flexibility index (Phi) is 5.86. The lowest BCUT2D eigenvalue weighted by Gasteiger charge is -2.13. The highest BCUT2D eigenvalue weighted by Gasteiger charge is 2.26. The van der Waals surface area contributed by atoms with Gasteiger partial charge in [-0.25, -0.2) is 4.99 Å². The Labute approximate surface area is 162 Å². The molecule has 1 aliphatic heterocycles. The van der Waals surface area contributed by atoms with Crippen molar-refractivity contribution in [1.29, 1.82) is 0 Å². The number of hydrogen-bond acceptors (Lipinski definition) is 5. The number of amides is 2. The van der Waals surface area contributed by atoms with Crippen LogP contribution in [0.15, 0.2) is 59.6 Å². The van der Waals surface area contributed by atoms with Crippen LogP contribution < -0.4 is 10.6 Å². The van der Waals surface area contributed by atoms with E-state index in [1.165, 1.54) is 0 Å². The van der Waals surface area contributed by atoms with Crippen molar-refractivity contribution in [2.24, 2.45) is 4.99 Å². The van der Waals surface area contributed by atoms with E-state index in [0.29, 0.717) is 11.4 Å². The zero-order valence-corrected chi connectivity index (χ0v) is 15.6. The number of benzodiazepines with no additional fused rings is 1. The molecule has 3 rings (SSSR count). The molecule has 28 heavy (non-hydrogen) atoms. The summed E-state index contributed by atoms with van der Waals surface area (Å²) in [5, 5.41) is 5.27. The minimum absolute atomic E-state index is 0.0610. The van der Waals surface area contributed by atoms with Crippen molar-refractivity contribution in [3.8, 4) is 0 Å². The Morgan fingerprint density at radius 2 is 1.79 bits per heavy atom. The van der Waals surface area contributed by atoms with Gasteiger partial charge in [0.25, 0.3) is 16.0 Å². The van der Waals surface area contributed by atoms with Crippen LogP contribution in [0, 0.1) is 0 Å². The van der Waals surface area contributed by atoms with Gasteiger partial charge in [-0.05, 0) is 12.5 Å². The van der Waals surface area contributed by atoms with Crippen LogP contribution in [-0.4, -0.2) is 42.4 Å². The molecule has 0 saturated heterocycles. The van der Waals surface area contributed by atoms with Crippen molar-refractivity contribution < 1.29 is 22.6 Å². The molecule has 1 atom stereocenters. The lowest BCUT2D eigenvalue weighted by atomic mass is 10.0. The number of anilines is 1. The molecule has 0 spiro atoms. The highest BCUT2D eigenvalue weighted by molar-refractivity contribution is 7.85. The van der Waals surface area contributed by atoms with Gasteiger partial charge in [0.2, 0.25) is 12.1 Å². The lowest BCUT2D eigenvalue weighted by molar-refractivity contribution is -0.126. The van der Waals surface area contributed by atoms with E-state index in [2.05, 4.69) is 15.6 Å². The molecule has 0 fully saturated rings. The summed E-state index contributed by atoms with van der Waals surface area (Å²) >= 11 is 0. The molecule has 0 radical (unpaired) electrons. The molecule has 3 N–H and O–H groups in total. The molecule has 2 aromatic carbocycles. The number of hydrogen-bond donors (Lipinski definition) is 3. The number of fused-ring (bicyclic) bond motifs is 1. The number of aliphatic imine (C=N–C) groups is 1. The minimum atomic E-state index is -4.14. The zero-order chi connectivity index (χ0) is 20.1. The van der Waals surface area contributed by atoms with Crippen molar-refractivity contribution in [1.82, 2.24) is 5.32 Å². The van der Waals surface area contributed by atoms with E-state index in [-0.39, 0.29) is 12.8 Å². The van der Waals surface area contributed by atoms with Crippen LogP contribution >= 0.6 is 0 Å². The van der Waals surface area contributed by atoms with Gasteiger partial charge in [-0.3, -0.25) is 14.1 Å². The molecule has 9 heteroatoms. The summed E-state index contributed by atoms with van der Waals surface area (Å²) in [5.41, 5.74) is 2.65. The van der Waals surface area contributed by atoms with Gasteiger partial charge in [-0.15, -0.1) is 0 Å². The van der Waals surface area contributed by atoms with Crippen molar-refractivity contribution in [2.75, 3.05) is 11.1 Å². The Morgan fingerprint density at radius 1 is 1.11 bits per heavy atom. The van der Waals surface area contributed by atoms with Crippen molar-refractivity contribution in [3.63, 3.8) is 0 Å². The van der Waals surface area contributed by atoms with Crippen LogP contribution in [0.5, 0.6) is 0 Å². The molecule has 2 amide bonds. The van der Waals surface area contributed by atoms with E-state index < -0.39 is 33.9 Å². The van der Waals surface area contributed by atoms with Crippen molar-refractivity contribution in [3.05, 3.63) is 65.7 Å². The number of carbonyl (C=O) groups excluding carboxylic acids is 2. The van der Waals surface area contributed by atoms with E-state index in [1.807, 2.05) is 42.5 Å². The summed E-state index contributed by atoms with van der Waals surface area (Å²) in [7, 11) is -4.14. The first-order valence-electron chi connectivity index (χ1n) is 8.61. The van der Waals surface area contributed by atoms with Crippen LogP contribution in [0.25, 0.3) is 0 Å². The molecular weight excluding hydrogens is 382 g/mol. The van der Waals surface area contributed by atoms with E-state index in [4.69, 9.17) is 4.55 Å². The molecule has 0 bridgehead atoms. The number of rotatable bonds is 6. The first kappa shape index (κ1) is 19.7. The van der Waals surface area contributed by atoms with E-state index in [1.54, 1.807) is 12.1 Å². The third-order valence-corrected chi connectivity index (χ3v) is 4.90. The molecule has 0 aliphatic carbocycles. The quantitative estimate of drug-likeness (QED) is 0.634. The average Bonchev–Trinajstić information content (AvgIpc) is 2.78. The number of benzene rings is 2. The third kappa shape index (κ3) is 5.02. The Bertz CT molecular complexity index is 1020. The molecule has 1 aliphatic rings. The van der Waals surface area contributed by atoms with Gasteiger partial charge in [-0.2, -0.15) is 8.42 Å². The van der Waals surface area contributed by atoms with Crippen molar-refractivity contribution >= 4 is 33.3 Å². The smallest absolute Gasteiger partial charge is 0.269 e. The van der Waals surface area contributed by atoms with Gasteiger partial charge in [-0.1, -0.05) is 48.5 Å². The second kappa shape index (κ2) is 8.32. The second-order valence-electron chi connectivity index (χ2n) is 6.24. The van der Waals surface area contributed by atoms with Gasteiger partial charge in [0, 0.05) is 17.5 Å². The number of carbonyl (C=O) groups is 2. The summed E-state index contributed by atoms with van der Waals surface area (Å²) in [6.07, 6.45) is -1.39. The monoisotopic (exact) mass is 401 g/mol. The Morgan fingerprint density at radius 3 is 2.50 bits per heavy atom. The van der Waals surface area contributed by atoms with E-state index >= 15 is 0 Å². The largest absolute Gasteiger partial charge is 0.327 e. The van der Waals surface area contributed by atoms with Crippen LogP contribution in [0.4, 0.5) is 5.69 Å². The maximum absolute atomic E-state index is 12.6. The second-order valence-corrected chi connectivity index (χ2v) is 7.81. The first-order chi connectivity index (χ1) is 13.3. The SMILES string of the molecule is O=C(CCCS(=O)(=O)O)NC1N=C(c2ccccc2)c2ccccc2NC1=O. The predicted octanol–water partition coefficient (Wildman–Crippen LogP) is 1.59. The van der Waals surface area contributed by atoms with Crippen molar-refractivity contribution in [2.45, 2.75) is 19.0 Å². The molecule has 0 saturated carbocycles. The summed E-state index contributed by atoms with van der Waals surface area (Å²) in [5.74, 6) is -1.56. The molecule has 8 nitrogen and oxygen atoms in total.